The van der Waals surface area contributed by atoms with Gasteiger partial charge in [0.15, 0.2) is 5.78 Å². The fraction of sp³-hybridized carbons (Fsp3) is 0.462. The first kappa shape index (κ1) is 11.5. The Morgan fingerprint density at radius 2 is 2.25 bits per heavy atom. The fourth-order valence-corrected chi connectivity index (χ4v) is 2.58. The summed E-state index contributed by atoms with van der Waals surface area (Å²) in [6, 6.07) is 7.52. The van der Waals surface area contributed by atoms with Crippen molar-refractivity contribution in [3.8, 4) is 5.75 Å². The first-order valence-corrected chi connectivity index (χ1v) is 6.83. The average Bonchev–Trinajstić information content (AvgIpc) is 2.30. The average molecular weight is 236 g/mol. The molecule has 0 N–H and O–H groups in total. The van der Waals surface area contributed by atoms with Gasteiger partial charge in [-0.05, 0) is 30.1 Å². The van der Waals surface area contributed by atoms with Crippen molar-refractivity contribution in [1.29, 1.82) is 0 Å². The van der Waals surface area contributed by atoms with Crippen molar-refractivity contribution in [2.24, 2.45) is 0 Å². The summed E-state index contributed by atoms with van der Waals surface area (Å²) in [6.07, 6.45) is 1.56. The molecule has 0 saturated heterocycles. The van der Waals surface area contributed by atoms with Crippen LogP contribution in [0.3, 0.4) is 0 Å². The Kier molecular flexibility index (Phi) is 3.88. The zero-order valence-electron chi connectivity index (χ0n) is 9.44. The lowest BCUT2D eigenvalue weighted by molar-refractivity contribution is 0.0847. The lowest BCUT2D eigenvalue weighted by Gasteiger charge is -2.24. The van der Waals surface area contributed by atoms with Gasteiger partial charge in [0.25, 0.3) is 0 Å². The molecule has 2 rings (SSSR count). The number of carbonyl (C=O) groups excluding carboxylic acids is 1. The predicted molar refractivity (Wildman–Crippen MR) is 67.4 cm³/mol. The summed E-state index contributed by atoms with van der Waals surface area (Å²) in [6.45, 7) is 2.15. The highest BCUT2D eigenvalue weighted by atomic mass is 32.2. The van der Waals surface area contributed by atoms with Crippen LogP contribution in [0, 0.1) is 0 Å². The first-order valence-electron chi connectivity index (χ1n) is 5.68. The summed E-state index contributed by atoms with van der Waals surface area (Å²) < 4.78 is 5.81. The topological polar surface area (TPSA) is 26.3 Å². The van der Waals surface area contributed by atoms with Gasteiger partial charge in [-0.2, -0.15) is 11.8 Å². The van der Waals surface area contributed by atoms with E-state index in [-0.39, 0.29) is 11.9 Å². The monoisotopic (exact) mass is 236 g/mol. The van der Waals surface area contributed by atoms with Crippen LogP contribution in [-0.4, -0.2) is 23.4 Å². The van der Waals surface area contributed by atoms with E-state index in [4.69, 9.17) is 4.74 Å². The second-order valence-corrected chi connectivity index (χ2v) is 5.24. The van der Waals surface area contributed by atoms with Gasteiger partial charge in [-0.3, -0.25) is 4.79 Å². The number of hydrogen-bond donors (Lipinski definition) is 0. The molecule has 1 atom stereocenters. The Balaban J connectivity index is 2.01. The van der Waals surface area contributed by atoms with E-state index in [0.717, 1.165) is 29.2 Å². The second-order valence-electron chi connectivity index (χ2n) is 3.85. The maximum Gasteiger partial charge on any atom is 0.170 e. The lowest BCUT2D eigenvalue weighted by atomic mass is 10.00. The summed E-state index contributed by atoms with van der Waals surface area (Å²) in [5, 5.41) is 0. The molecule has 0 fully saturated rings. The fourth-order valence-electron chi connectivity index (χ4n) is 1.86. The zero-order valence-corrected chi connectivity index (χ0v) is 10.3. The smallest absolute Gasteiger partial charge is 0.170 e. The van der Waals surface area contributed by atoms with E-state index in [0.29, 0.717) is 6.42 Å². The van der Waals surface area contributed by atoms with Gasteiger partial charge < -0.3 is 4.74 Å². The summed E-state index contributed by atoms with van der Waals surface area (Å²) in [5.74, 6) is 3.16. The van der Waals surface area contributed by atoms with Crippen LogP contribution in [-0.2, 0) is 0 Å². The number of ketones is 1. The second kappa shape index (κ2) is 5.39. The van der Waals surface area contributed by atoms with Crippen molar-refractivity contribution >= 4 is 17.5 Å². The number of benzene rings is 1. The lowest BCUT2D eigenvalue weighted by Crippen LogP contribution is -2.27. The van der Waals surface area contributed by atoms with Crippen LogP contribution >= 0.6 is 11.8 Å². The Morgan fingerprint density at radius 1 is 1.44 bits per heavy atom. The molecule has 1 aromatic carbocycles. The molecule has 1 aliphatic rings. The Labute approximate surface area is 100 Å². The van der Waals surface area contributed by atoms with E-state index in [1.54, 1.807) is 0 Å². The minimum Gasteiger partial charge on any atom is -0.489 e. The van der Waals surface area contributed by atoms with Gasteiger partial charge in [-0.15, -0.1) is 0 Å². The van der Waals surface area contributed by atoms with E-state index in [1.165, 1.54) is 0 Å². The summed E-state index contributed by atoms with van der Waals surface area (Å²) >= 11 is 1.89. The third kappa shape index (κ3) is 2.59. The molecule has 16 heavy (non-hydrogen) atoms. The maximum atomic E-state index is 11.8. The van der Waals surface area contributed by atoms with Crippen molar-refractivity contribution in [2.75, 3.05) is 11.5 Å². The molecule has 1 heterocycles. The van der Waals surface area contributed by atoms with Crippen molar-refractivity contribution in [3.05, 3.63) is 29.8 Å². The predicted octanol–water partition coefficient (Wildman–Crippen LogP) is 3.16. The van der Waals surface area contributed by atoms with Crippen LogP contribution in [0.4, 0.5) is 0 Å². The third-order valence-corrected chi connectivity index (χ3v) is 3.62. The summed E-state index contributed by atoms with van der Waals surface area (Å²) in [5.41, 5.74) is 0.738. The van der Waals surface area contributed by atoms with E-state index in [2.05, 4.69) is 6.92 Å². The quantitative estimate of drug-likeness (QED) is 0.751. The number of thioether (sulfide) groups is 1. The van der Waals surface area contributed by atoms with Gasteiger partial charge in [-0.25, -0.2) is 0 Å². The molecule has 0 aliphatic carbocycles. The number of rotatable bonds is 4. The molecule has 0 spiro atoms. The highest BCUT2D eigenvalue weighted by Gasteiger charge is 2.25. The van der Waals surface area contributed by atoms with Crippen LogP contribution in [0.1, 0.15) is 30.1 Å². The molecule has 2 nitrogen and oxygen atoms in total. The molecule has 3 heteroatoms. The molecule has 1 aromatic rings. The molecule has 0 amide bonds. The Hall–Kier alpha value is -0.960. The van der Waals surface area contributed by atoms with Crippen LogP contribution in [0.25, 0.3) is 0 Å². The molecule has 0 saturated carbocycles. The van der Waals surface area contributed by atoms with Crippen molar-refractivity contribution in [2.45, 2.75) is 25.9 Å². The molecular weight excluding hydrogens is 220 g/mol. The van der Waals surface area contributed by atoms with E-state index < -0.39 is 0 Å². The summed E-state index contributed by atoms with van der Waals surface area (Å²) in [7, 11) is 0. The maximum absolute atomic E-state index is 11.8. The molecule has 1 aliphatic heterocycles. The van der Waals surface area contributed by atoms with E-state index in [1.807, 2.05) is 36.0 Å². The van der Waals surface area contributed by atoms with Crippen LogP contribution < -0.4 is 4.74 Å². The number of carbonyl (C=O) groups is 1. The minimum absolute atomic E-state index is 0.0708. The number of para-hydroxylation sites is 1. The van der Waals surface area contributed by atoms with E-state index in [9.17, 15) is 4.79 Å². The molecular formula is C13H16O2S. The van der Waals surface area contributed by atoms with Gasteiger partial charge in [-0.1, -0.05) is 19.1 Å². The van der Waals surface area contributed by atoms with Gasteiger partial charge in [0, 0.05) is 6.42 Å². The third-order valence-electron chi connectivity index (χ3n) is 2.68. The van der Waals surface area contributed by atoms with Crippen molar-refractivity contribution in [1.82, 2.24) is 0 Å². The van der Waals surface area contributed by atoms with Gasteiger partial charge in [0.2, 0.25) is 0 Å². The number of ether oxygens (including phenoxy) is 1. The number of hydrogen-bond acceptors (Lipinski definition) is 3. The normalized spacial score (nSPS) is 19.1. The molecule has 1 unspecified atom stereocenters. The minimum atomic E-state index is 0.0708. The molecule has 86 valence electrons. The number of fused-ring (bicyclic) bond motifs is 1. The van der Waals surface area contributed by atoms with Gasteiger partial charge in [0.05, 0.1) is 5.56 Å². The summed E-state index contributed by atoms with van der Waals surface area (Å²) in [4.78, 5) is 11.8. The Morgan fingerprint density at radius 3 is 3.06 bits per heavy atom. The van der Waals surface area contributed by atoms with Crippen molar-refractivity contribution in [3.63, 3.8) is 0 Å². The van der Waals surface area contributed by atoms with Crippen LogP contribution in [0.5, 0.6) is 5.75 Å². The molecule has 0 radical (unpaired) electrons. The van der Waals surface area contributed by atoms with Crippen LogP contribution in [0.15, 0.2) is 24.3 Å². The van der Waals surface area contributed by atoms with Crippen molar-refractivity contribution < 1.29 is 9.53 Å². The largest absolute Gasteiger partial charge is 0.489 e. The Bertz CT molecular complexity index is 376. The SMILES string of the molecule is CCSCCC1CC(=O)c2ccccc2O1. The standard InChI is InChI=1S/C13H16O2S/c1-2-16-8-7-10-9-12(14)11-5-3-4-6-13(11)15-10/h3-6,10H,2,7-9H2,1H3. The molecule has 0 bridgehead atoms. The van der Waals surface area contributed by atoms with Gasteiger partial charge >= 0.3 is 0 Å². The highest BCUT2D eigenvalue weighted by Crippen LogP contribution is 2.28. The highest BCUT2D eigenvalue weighted by molar-refractivity contribution is 7.99. The number of Topliss-reactive ketones (excluding diaryl/α,β-unsaturated/α-hetero) is 1. The molecule has 0 aromatic heterocycles. The zero-order chi connectivity index (χ0) is 11.4. The van der Waals surface area contributed by atoms with Crippen LogP contribution in [0.2, 0.25) is 0 Å². The first-order chi connectivity index (χ1) is 7.81. The van der Waals surface area contributed by atoms with Gasteiger partial charge in [0.1, 0.15) is 11.9 Å². The van der Waals surface area contributed by atoms with E-state index >= 15 is 0 Å².